The summed E-state index contributed by atoms with van der Waals surface area (Å²) in [6, 6.07) is 0. The first kappa shape index (κ1) is 9.86. The van der Waals surface area contributed by atoms with Gasteiger partial charge in [-0.25, -0.2) is 8.78 Å². The van der Waals surface area contributed by atoms with Crippen molar-refractivity contribution in [3.63, 3.8) is 0 Å². The summed E-state index contributed by atoms with van der Waals surface area (Å²) >= 11 is 0. The molecule has 0 aromatic carbocycles. The minimum absolute atomic E-state index is 0.0552. The van der Waals surface area contributed by atoms with E-state index in [0.29, 0.717) is 0 Å². The van der Waals surface area contributed by atoms with Gasteiger partial charge >= 0.3 is 0 Å². The number of hydrogen-bond donors (Lipinski definition) is 1. The molecule has 2 N–H and O–H groups in total. The third kappa shape index (κ3) is 2.38. The molecule has 0 aliphatic heterocycles. The van der Waals surface area contributed by atoms with Gasteiger partial charge in [0.15, 0.2) is 0 Å². The molecule has 0 saturated heterocycles. The lowest BCUT2D eigenvalue weighted by Crippen LogP contribution is -2.61. The van der Waals surface area contributed by atoms with Crippen LogP contribution in [0.4, 0.5) is 8.78 Å². The molecule has 12 heavy (non-hydrogen) atoms. The predicted octanol–water partition coefficient (Wildman–Crippen LogP) is 1.54. The van der Waals surface area contributed by atoms with Gasteiger partial charge in [0.25, 0.3) is 5.92 Å². The number of halogens is 2. The Morgan fingerprint density at radius 1 is 1.42 bits per heavy atom. The number of rotatable bonds is 3. The van der Waals surface area contributed by atoms with Crippen molar-refractivity contribution in [1.82, 2.24) is 0 Å². The Labute approximate surface area is 71.1 Å². The van der Waals surface area contributed by atoms with Crippen LogP contribution in [0.25, 0.3) is 0 Å². The minimum atomic E-state index is -2.56. The summed E-state index contributed by atoms with van der Waals surface area (Å²) in [7, 11) is 0. The van der Waals surface area contributed by atoms with Crippen molar-refractivity contribution in [2.75, 3.05) is 6.61 Å². The molecule has 1 fully saturated rings. The van der Waals surface area contributed by atoms with Gasteiger partial charge in [0, 0.05) is 12.8 Å². The topological polar surface area (TPSA) is 35.2 Å². The van der Waals surface area contributed by atoms with Gasteiger partial charge in [0.2, 0.25) is 0 Å². The highest BCUT2D eigenvalue weighted by Crippen LogP contribution is 2.44. The van der Waals surface area contributed by atoms with E-state index in [4.69, 9.17) is 10.5 Å². The second-order valence-electron chi connectivity index (χ2n) is 3.93. The highest BCUT2D eigenvalue weighted by atomic mass is 19.3. The summed E-state index contributed by atoms with van der Waals surface area (Å²) < 4.78 is 30.0. The van der Waals surface area contributed by atoms with E-state index in [1.165, 1.54) is 0 Å². The minimum Gasteiger partial charge on any atom is -0.377 e. The zero-order chi connectivity index (χ0) is 9.41. The second kappa shape index (κ2) is 2.92. The van der Waals surface area contributed by atoms with Gasteiger partial charge < -0.3 is 10.5 Å². The Kier molecular flexibility index (Phi) is 2.40. The zero-order valence-electron chi connectivity index (χ0n) is 7.44. The lowest BCUT2D eigenvalue weighted by molar-refractivity contribution is -0.145. The first-order valence-electron chi connectivity index (χ1n) is 4.11. The van der Waals surface area contributed by atoms with Gasteiger partial charge in [-0.1, -0.05) is 0 Å². The Hall–Kier alpha value is -0.220. The second-order valence-corrected chi connectivity index (χ2v) is 3.93. The quantitative estimate of drug-likeness (QED) is 0.713. The van der Waals surface area contributed by atoms with Crippen molar-refractivity contribution in [1.29, 1.82) is 0 Å². The van der Waals surface area contributed by atoms with Crippen LogP contribution in [-0.4, -0.2) is 24.2 Å². The third-order valence-corrected chi connectivity index (χ3v) is 1.93. The number of hydrogen-bond acceptors (Lipinski definition) is 2. The molecule has 2 nitrogen and oxygen atoms in total. The number of ether oxygens (including phenoxy) is 1. The molecule has 0 spiro atoms. The van der Waals surface area contributed by atoms with Gasteiger partial charge in [-0.15, -0.1) is 0 Å². The Balaban J connectivity index is 2.26. The lowest BCUT2D eigenvalue weighted by atomic mass is 9.75. The summed E-state index contributed by atoms with van der Waals surface area (Å²) in [5.74, 6) is -2.56. The maximum absolute atomic E-state index is 12.4. The molecule has 0 aromatic rings. The maximum Gasteiger partial charge on any atom is 0.251 e. The highest BCUT2D eigenvalue weighted by Gasteiger charge is 2.54. The molecule has 1 aliphatic rings. The summed E-state index contributed by atoms with van der Waals surface area (Å²) in [6.45, 7) is 3.96. The van der Waals surface area contributed by atoms with E-state index < -0.39 is 11.5 Å². The SMILES string of the molecule is CC(C)OCC1(N)CC(F)(F)C1. The van der Waals surface area contributed by atoms with Crippen LogP contribution in [0.15, 0.2) is 0 Å². The van der Waals surface area contributed by atoms with Gasteiger partial charge in [-0.3, -0.25) is 0 Å². The zero-order valence-corrected chi connectivity index (χ0v) is 7.44. The number of alkyl halides is 2. The molecule has 0 bridgehead atoms. The molecule has 4 heteroatoms. The van der Waals surface area contributed by atoms with Gasteiger partial charge in [0.05, 0.1) is 18.2 Å². The van der Waals surface area contributed by atoms with Gasteiger partial charge in [0.1, 0.15) is 0 Å². The largest absolute Gasteiger partial charge is 0.377 e. The van der Waals surface area contributed by atoms with Crippen molar-refractivity contribution in [2.24, 2.45) is 5.73 Å². The molecule has 0 amide bonds. The first-order valence-corrected chi connectivity index (χ1v) is 4.11. The molecular formula is C8H15F2NO. The smallest absolute Gasteiger partial charge is 0.251 e. The van der Waals surface area contributed by atoms with Crippen molar-refractivity contribution >= 4 is 0 Å². The summed E-state index contributed by atoms with van der Waals surface area (Å²) in [5, 5.41) is 0. The summed E-state index contributed by atoms with van der Waals surface area (Å²) in [6.07, 6.45) is -0.431. The molecule has 72 valence electrons. The van der Waals surface area contributed by atoms with Crippen molar-refractivity contribution in [3.05, 3.63) is 0 Å². The molecule has 0 aromatic heterocycles. The Bertz CT molecular complexity index is 162. The van der Waals surface area contributed by atoms with Crippen LogP contribution in [-0.2, 0) is 4.74 Å². The van der Waals surface area contributed by atoms with E-state index in [9.17, 15) is 8.78 Å². The van der Waals surface area contributed by atoms with Gasteiger partial charge in [-0.2, -0.15) is 0 Å². The fourth-order valence-electron chi connectivity index (χ4n) is 1.41. The van der Waals surface area contributed by atoms with Crippen molar-refractivity contribution in [3.8, 4) is 0 Å². The Morgan fingerprint density at radius 2 is 1.92 bits per heavy atom. The molecule has 1 rings (SSSR count). The lowest BCUT2D eigenvalue weighted by Gasteiger charge is -2.44. The van der Waals surface area contributed by atoms with E-state index in [0.717, 1.165) is 0 Å². The fraction of sp³-hybridized carbons (Fsp3) is 1.00. The fourth-order valence-corrected chi connectivity index (χ4v) is 1.41. The maximum atomic E-state index is 12.4. The van der Waals surface area contributed by atoms with Crippen molar-refractivity contribution < 1.29 is 13.5 Å². The molecule has 1 saturated carbocycles. The van der Waals surface area contributed by atoms with Crippen LogP contribution in [0, 0.1) is 0 Å². The molecule has 0 atom stereocenters. The average Bonchev–Trinajstić information content (AvgIpc) is 1.79. The Morgan fingerprint density at radius 3 is 2.25 bits per heavy atom. The standard InChI is InChI=1S/C8H15F2NO/c1-6(2)12-5-7(11)3-8(9,10)4-7/h6H,3-5,11H2,1-2H3. The number of nitrogens with two attached hydrogens (primary N) is 1. The molecule has 0 radical (unpaired) electrons. The third-order valence-electron chi connectivity index (χ3n) is 1.93. The van der Waals surface area contributed by atoms with Crippen LogP contribution in [0.1, 0.15) is 26.7 Å². The van der Waals surface area contributed by atoms with Gasteiger partial charge in [-0.05, 0) is 13.8 Å². The predicted molar refractivity (Wildman–Crippen MR) is 42.2 cm³/mol. The average molecular weight is 179 g/mol. The van der Waals surface area contributed by atoms with E-state index in [1.807, 2.05) is 13.8 Å². The van der Waals surface area contributed by atoms with E-state index in [1.54, 1.807) is 0 Å². The summed E-state index contributed by atoms with van der Waals surface area (Å²) in [5.41, 5.74) is 4.84. The first-order chi connectivity index (χ1) is 5.33. The molecular weight excluding hydrogens is 164 g/mol. The van der Waals surface area contributed by atoms with Crippen LogP contribution >= 0.6 is 0 Å². The van der Waals surface area contributed by atoms with E-state index >= 15 is 0 Å². The van der Waals surface area contributed by atoms with Crippen LogP contribution < -0.4 is 5.73 Å². The normalized spacial score (nSPS) is 25.5. The monoisotopic (exact) mass is 179 g/mol. The van der Waals surface area contributed by atoms with Crippen LogP contribution in [0.2, 0.25) is 0 Å². The highest BCUT2D eigenvalue weighted by molar-refractivity contribution is 5.03. The summed E-state index contributed by atoms with van der Waals surface area (Å²) in [4.78, 5) is 0. The molecule has 0 heterocycles. The van der Waals surface area contributed by atoms with Crippen LogP contribution in [0.3, 0.4) is 0 Å². The van der Waals surface area contributed by atoms with Crippen molar-refractivity contribution in [2.45, 2.75) is 44.3 Å². The molecule has 0 unspecified atom stereocenters. The van der Waals surface area contributed by atoms with E-state index in [2.05, 4.69) is 0 Å². The molecule has 1 aliphatic carbocycles. The van der Waals surface area contributed by atoms with E-state index in [-0.39, 0.29) is 25.6 Å². The van der Waals surface area contributed by atoms with Crippen LogP contribution in [0.5, 0.6) is 0 Å².